The number of halogens is 2. The molecule has 2 aromatic heterocycles. The van der Waals surface area contributed by atoms with Crippen LogP contribution < -0.4 is 10.6 Å². The molecule has 11 nitrogen and oxygen atoms in total. The number of fused-ring (bicyclic) bond motifs is 2. The van der Waals surface area contributed by atoms with Crippen LogP contribution in [0.5, 0.6) is 0 Å². The number of likely N-dealkylation sites (tertiary alicyclic amines) is 2. The molecule has 3 fully saturated rings. The number of aromatic nitrogens is 4. The summed E-state index contributed by atoms with van der Waals surface area (Å²) in [5.74, 6) is -0.0332. The Morgan fingerprint density at radius 1 is 0.837 bits per heavy atom. The van der Waals surface area contributed by atoms with Gasteiger partial charge in [0.05, 0.1) is 28.6 Å². The zero-order chi connectivity index (χ0) is 34.1. The largest absolute Gasteiger partial charge is 0.343 e. The molecule has 3 unspecified atom stereocenters. The van der Waals surface area contributed by atoms with E-state index in [2.05, 4.69) is 10.6 Å². The number of imidazole rings is 2. The zero-order valence-corrected chi connectivity index (χ0v) is 27.9. The molecule has 3 amide bonds. The highest BCUT2D eigenvalue weighted by Gasteiger charge is 2.39. The van der Waals surface area contributed by atoms with Gasteiger partial charge in [-0.05, 0) is 75.8 Å². The van der Waals surface area contributed by atoms with Crippen LogP contribution in [0.4, 0.5) is 8.78 Å². The Labute approximate surface area is 284 Å². The summed E-state index contributed by atoms with van der Waals surface area (Å²) in [6.07, 6.45) is 9.17. The van der Waals surface area contributed by atoms with Crippen molar-refractivity contribution >= 4 is 40.3 Å². The first-order valence-corrected chi connectivity index (χ1v) is 17.6. The van der Waals surface area contributed by atoms with Gasteiger partial charge < -0.3 is 29.6 Å². The third-order valence-corrected chi connectivity index (χ3v) is 10.7. The number of hydrogen-bond donors (Lipinski definition) is 2. The van der Waals surface area contributed by atoms with Crippen LogP contribution in [0.1, 0.15) is 57.8 Å². The highest BCUT2D eigenvalue weighted by Crippen LogP contribution is 2.34. The molecule has 0 spiro atoms. The summed E-state index contributed by atoms with van der Waals surface area (Å²) in [5.41, 5.74) is 2.32. The van der Waals surface area contributed by atoms with E-state index in [0.29, 0.717) is 59.9 Å². The maximum absolute atomic E-state index is 14.6. The van der Waals surface area contributed by atoms with Crippen molar-refractivity contribution in [2.75, 3.05) is 26.7 Å². The second kappa shape index (κ2) is 14.2. The van der Waals surface area contributed by atoms with Gasteiger partial charge in [0.15, 0.2) is 11.6 Å². The van der Waals surface area contributed by atoms with Gasteiger partial charge in [0.25, 0.3) is 0 Å². The average molecular weight is 675 g/mol. The second-order valence-corrected chi connectivity index (χ2v) is 13.8. The van der Waals surface area contributed by atoms with Crippen LogP contribution in [0.3, 0.4) is 0 Å². The summed E-state index contributed by atoms with van der Waals surface area (Å²) in [7, 11) is 1.71. The van der Waals surface area contributed by atoms with Crippen LogP contribution in [-0.2, 0) is 27.5 Å². The molecule has 3 aliphatic rings. The monoisotopic (exact) mass is 674 g/mol. The topological polar surface area (TPSA) is 117 Å². The highest BCUT2D eigenvalue weighted by molar-refractivity contribution is 5.89. The summed E-state index contributed by atoms with van der Waals surface area (Å²) in [4.78, 5) is 52.5. The number of amides is 3. The van der Waals surface area contributed by atoms with E-state index >= 15 is 0 Å². The lowest BCUT2D eigenvalue weighted by Crippen LogP contribution is -2.55. The SMILES string of the molecule is CNCC(=O)NC(C(=O)N1CCCC1Cn1c(-c2nc3cc(F)ccc3n2CC2CCCN2C=O)nc2cc(F)ccc21)C1CCCCC1. The predicted molar refractivity (Wildman–Crippen MR) is 181 cm³/mol. The lowest BCUT2D eigenvalue weighted by Gasteiger charge is -2.35. The van der Waals surface area contributed by atoms with Crippen LogP contribution in [0.2, 0.25) is 0 Å². The number of hydrogen-bond acceptors (Lipinski definition) is 6. The molecule has 13 heteroatoms. The minimum Gasteiger partial charge on any atom is -0.343 e. The number of rotatable bonds is 11. The molecule has 2 aliphatic heterocycles. The van der Waals surface area contributed by atoms with Gasteiger partial charge in [0.2, 0.25) is 18.2 Å². The van der Waals surface area contributed by atoms with E-state index in [4.69, 9.17) is 9.97 Å². The van der Waals surface area contributed by atoms with Gasteiger partial charge in [-0.25, -0.2) is 18.7 Å². The van der Waals surface area contributed by atoms with Gasteiger partial charge >= 0.3 is 0 Å². The third kappa shape index (κ3) is 6.64. The van der Waals surface area contributed by atoms with Crippen molar-refractivity contribution in [3.63, 3.8) is 0 Å². The molecule has 2 aromatic carbocycles. The summed E-state index contributed by atoms with van der Waals surface area (Å²) >= 11 is 0. The number of nitrogens with zero attached hydrogens (tertiary/aromatic N) is 6. The molecule has 3 atom stereocenters. The fourth-order valence-corrected chi connectivity index (χ4v) is 8.26. The Hall–Kier alpha value is -4.39. The summed E-state index contributed by atoms with van der Waals surface area (Å²) in [5, 5.41) is 5.95. The Balaban J connectivity index is 1.27. The maximum atomic E-state index is 14.6. The van der Waals surface area contributed by atoms with E-state index in [0.717, 1.165) is 64.2 Å². The maximum Gasteiger partial charge on any atom is 0.245 e. The van der Waals surface area contributed by atoms with Crippen LogP contribution in [-0.4, -0.2) is 91.9 Å². The van der Waals surface area contributed by atoms with Gasteiger partial charge in [-0.2, -0.15) is 0 Å². The molecule has 4 heterocycles. The smallest absolute Gasteiger partial charge is 0.245 e. The van der Waals surface area contributed by atoms with Gasteiger partial charge in [0, 0.05) is 50.4 Å². The van der Waals surface area contributed by atoms with Crippen molar-refractivity contribution < 1.29 is 23.2 Å². The lowest BCUT2D eigenvalue weighted by molar-refractivity contribution is -0.139. The minimum atomic E-state index is -0.596. The summed E-state index contributed by atoms with van der Waals surface area (Å²) < 4.78 is 33.0. The van der Waals surface area contributed by atoms with E-state index in [-0.39, 0.29) is 36.4 Å². The van der Waals surface area contributed by atoms with Gasteiger partial charge in [-0.15, -0.1) is 0 Å². The highest BCUT2D eigenvalue weighted by atomic mass is 19.1. The summed E-state index contributed by atoms with van der Waals surface area (Å²) in [6, 6.07) is 8.11. The predicted octanol–water partition coefficient (Wildman–Crippen LogP) is 4.23. The number of carbonyl (C=O) groups is 3. The van der Waals surface area contributed by atoms with Gasteiger partial charge in [0.1, 0.15) is 17.7 Å². The molecular weight excluding hydrogens is 630 g/mol. The first-order chi connectivity index (χ1) is 23.8. The molecule has 0 bridgehead atoms. The van der Waals surface area contributed by atoms with Crippen molar-refractivity contribution in [1.82, 2.24) is 39.5 Å². The van der Waals surface area contributed by atoms with E-state index < -0.39 is 17.7 Å². The lowest BCUT2D eigenvalue weighted by atomic mass is 9.83. The molecule has 1 aliphatic carbocycles. The van der Waals surface area contributed by atoms with Crippen LogP contribution in [0.15, 0.2) is 36.4 Å². The quantitative estimate of drug-likeness (QED) is 0.230. The molecule has 2 N–H and O–H groups in total. The number of carbonyl (C=O) groups excluding carboxylic acids is 3. The number of benzene rings is 2. The van der Waals surface area contributed by atoms with Crippen molar-refractivity contribution in [3.05, 3.63) is 48.0 Å². The first kappa shape index (κ1) is 33.1. The Kier molecular flexibility index (Phi) is 9.62. The Morgan fingerprint density at radius 3 is 2.04 bits per heavy atom. The van der Waals surface area contributed by atoms with Crippen molar-refractivity contribution in [1.29, 1.82) is 0 Å². The van der Waals surface area contributed by atoms with Crippen molar-refractivity contribution in [3.8, 4) is 11.6 Å². The third-order valence-electron chi connectivity index (χ3n) is 10.7. The average Bonchev–Trinajstić information content (AvgIpc) is 3.90. The normalized spacial score (nSPS) is 20.8. The van der Waals surface area contributed by atoms with E-state index in [9.17, 15) is 23.2 Å². The number of nitrogens with one attached hydrogen (secondary N) is 2. The second-order valence-electron chi connectivity index (χ2n) is 13.8. The van der Waals surface area contributed by atoms with E-state index in [1.165, 1.54) is 24.3 Å². The van der Waals surface area contributed by atoms with Crippen LogP contribution >= 0.6 is 0 Å². The van der Waals surface area contributed by atoms with E-state index in [1.807, 2.05) is 14.0 Å². The fraction of sp³-hybridized carbons (Fsp3) is 0.528. The van der Waals surface area contributed by atoms with Crippen LogP contribution in [0, 0.1) is 17.6 Å². The Bertz CT molecular complexity index is 1850. The number of likely N-dealkylation sites (N-methyl/N-ethyl adjacent to an activating group) is 1. The van der Waals surface area contributed by atoms with Crippen molar-refractivity contribution in [2.24, 2.45) is 5.92 Å². The molecule has 4 aromatic rings. The molecule has 7 rings (SSSR count). The van der Waals surface area contributed by atoms with Crippen molar-refractivity contribution in [2.45, 2.75) is 89.0 Å². The summed E-state index contributed by atoms with van der Waals surface area (Å²) in [6.45, 7) is 2.21. The standard InChI is InChI=1S/C36H44F2N8O3/c1-39-19-32(48)42-33(23-7-3-2-4-8-23)36(49)44-16-6-10-27(44)21-46-31-14-12-25(38)18-29(31)41-35(46)34-40-28-17-24(37)11-13-30(28)45(34)20-26-9-5-15-43(26)22-47/h11-14,17-18,22-23,26-27,33,39H,2-10,15-16,19-21H2,1H3,(H,42,48). The molecule has 260 valence electrons. The molecule has 0 radical (unpaired) electrons. The fourth-order valence-electron chi connectivity index (χ4n) is 8.26. The van der Waals surface area contributed by atoms with E-state index in [1.54, 1.807) is 24.1 Å². The minimum absolute atomic E-state index is 0.0613. The molecule has 2 saturated heterocycles. The Morgan fingerprint density at radius 2 is 1.43 bits per heavy atom. The molecule has 49 heavy (non-hydrogen) atoms. The zero-order valence-electron chi connectivity index (χ0n) is 27.9. The molecular formula is C36H44F2N8O3. The van der Waals surface area contributed by atoms with Crippen LogP contribution in [0.25, 0.3) is 33.7 Å². The van der Waals surface area contributed by atoms with Gasteiger partial charge in [-0.3, -0.25) is 14.4 Å². The van der Waals surface area contributed by atoms with Gasteiger partial charge in [-0.1, -0.05) is 19.3 Å². The first-order valence-electron chi connectivity index (χ1n) is 17.6. The molecule has 1 saturated carbocycles.